The average molecular weight is 174 g/mol. The number of nitrogens with two attached hydrogens (primary N) is 1. The van der Waals surface area contributed by atoms with Crippen molar-refractivity contribution in [2.75, 3.05) is 18.8 Å². The number of carbonyl (C=O) groups excluding carboxylic acids is 1. The van der Waals surface area contributed by atoms with Gasteiger partial charge in [-0.3, -0.25) is 9.69 Å². The number of primary amides is 1. The molecular formula is C7H14N2OS. The van der Waals surface area contributed by atoms with Gasteiger partial charge in [0, 0.05) is 12.3 Å². The lowest BCUT2D eigenvalue weighted by Gasteiger charge is -2.20. The van der Waals surface area contributed by atoms with Gasteiger partial charge in [0.15, 0.2) is 0 Å². The van der Waals surface area contributed by atoms with Crippen LogP contribution in [0, 0.1) is 0 Å². The Balaban J connectivity index is 2.44. The smallest absolute Gasteiger partial charge is 0.234 e. The first kappa shape index (κ1) is 8.87. The van der Waals surface area contributed by atoms with E-state index in [1.165, 1.54) is 0 Å². The molecule has 1 fully saturated rings. The number of amides is 1. The van der Waals surface area contributed by atoms with E-state index in [1.807, 2.05) is 0 Å². The van der Waals surface area contributed by atoms with Crippen LogP contribution in [0.4, 0.5) is 0 Å². The van der Waals surface area contributed by atoms with Crippen LogP contribution in [0.3, 0.4) is 0 Å². The van der Waals surface area contributed by atoms with E-state index in [0.717, 1.165) is 31.7 Å². The number of hydrogen-bond acceptors (Lipinski definition) is 3. The highest BCUT2D eigenvalue weighted by Gasteiger charge is 2.27. The molecule has 1 aliphatic heterocycles. The fourth-order valence-electron chi connectivity index (χ4n) is 1.54. The second-order valence-electron chi connectivity index (χ2n) is 2.82. The first-order chi connectivity index (χ1) is 5.25. The molecule has 0 aromatic rings. The summed E-state index contributed by atoms with van der Waals surface area (Å²) in [6.07, 6.45) is 2.00. The van der Waals surface area contributed by atoms with Crippen LogP contribution in [0.2, 0.25) is 0 Å². The summed E-state index contributed by atoms with van der Waals surface area (Å²) in [7, 11) is 0. The van der Waals surface area contributed by atoms with Gasteiger partial charge >= 0.3 is 0 Å². The molecule has 1 aliphatic rings. The molecule has 2 N–H and O–H groups in total. The van der Waals surface area contributed by atoms with Crippen molar-refractivity contribution in [1.82, 2.24) is 4.90 Å². The Bertz CT molecular complexity index is 151. The molecule has 1 amide bonds. The Labute approximate surface area is 72.3 Å². The van der Waals surface area contributed by atoms with E-state index < -0.39 is 0 Å². The molecule has 3 nitrogen and oxygen atoms in total. The molecule has 1 atom stereocenters. The predicted molar refractivity (Wildman–Crippen MR) is 47.6 cm³/mol. The van der Waals surface area contributed by atoms with Crippen molar-refractivity contribution in [3.63, 3.8) is 0 Å². The zero-order valence-electron chi connectivity index (χ0n) is 6.49. The summed E-state index contributed by atoms with van der Waals surface area (Å²) in [6, 6.07) is -0.0258. The standard InChI is InChI=1S/C7H14N2OS/c8-7(10)6-2-1-3-9(6)4-5-11/h6,11H,1-5H2,(H2,8,10)/t6-/m0/s1. The molecular weight excluding hydrogens is 160 g/mol. The lowest BCUT2D eigenvalue weighted by atomic mass is 10.2. The fourth-order valence-corrected chi connectivity index (χ4v) is 1.80. The van der Waals surface area contributed by atoms with Crippen molar-refractivity contribution in [3.05, 3.63) is 0 Å². The lowest BCUT2D eigenvalue weighted by molar-refractivity contribution is -0.122. The minimum absolute atomic E-state index is 0.0258. The molecule has 1 heterocycles. The molecule has 1 saturated heterocycles. The highest BCUT2D eigenvalue weighted by Crippen LogP contribution is 2.15. The van der Waals surface area contributed by atoms with Gasteiger partial charge in [0.25, 0.3) is 0 Å². The van der Waals surface area contributed by atoms with Gasteiger partial charge in [-0.2, -0.15) is 12.6 Å². The van der Waals surface area contributed by atoms with Gasteiger partial charge < -0.3 is 5.73 Å². The van der Waals surface area contributed by atoms with Crippen LogP contribution in [0.15, 0.2) is 0 Å². The molecule has 0 aliphatic carbocycles. The van der Waals surface area contributed by atoms with E-state index in [4.69, 9.17) is 5.73 Å². The van der Waals surface area contributed by atoms with Crippen molar-refractivity contribution in [3.8, 4) is 0 Å². The Kier molecular flexibility index (Phi) is 3.20. The molecule has 64 valence electrons. The van der Waals surface area contributed by atoms with Gasteiger partial charge in [-0.05, 0) is 19.4 Å². The van der Waals surface area contributed by atoms with Crippen LogP contribution >= 0.6 is 12.6 Å². The molecule has 11 heavy (non-hydrogen) atoms. The molecule has 0 spiro atoms. The third-order valence-corrected chi connectivity index (χ3v) is 2.28. The van der Waals surface area contributed by atoms with E-state index >= 15 is 0 Å². The first-order valence-corrected chi connectivity index (χ1v) is 4.53. The summed E-state index contributed by atoms with van der Waals surface area (Å²) in [4.78, 5) is 12.9. The Morgan fingerprint density at radius 3 is 3.00 bits per heavy atom. The highest BCUT2D eigenvalue weighted by molar-refractivity contribution is 7.80. The summed E-state index contributed by atoms with van der Waals surface area (Å²) < 4.78 is 0. The van der Waals surface area contributed by atoms with Crippen molar-refractivity contribution in [2.24, 2.45) is 5.73 Å². The third kappa shape index (κ3) is 2.10. The summed E-state index contributed by atoms with van der Waals surface area (Å²) in [5, 5.41) is 0. The molecule has 0 aromatic carbocycles. The number of nitrogens with zero attached hydrogens (tertiary/aromatic N) is 1. The fraction of sp³-hybridized carbons (Fsp3) is 0.857. The van der Waals surface area contributed by atoms with E-state index in [1.54, 1.807) is 0 Å². The lowest BCUT2D eigenvalue weighted by Crippen LogP contribution is -2.41. The van der Waals surface area contributed by atoms with E-state index in [-0.39, 0.29) is 11.9 Å². The largest absolute Gasteiger partial charge is 0.368 e. The van der Waals surface area contributed by atoms with Gasteiger partial charge in [-0.1, -0.05) is 0 Å². The minimum atomic E-state index is -0.190. The molecule has 4 heteroatoms. The number of hydrogen-bond donors (Lipinski definition) is 2. The first-order valence-electron chi connectivity index (χ1n) is 3.90. The van der Waals surface area contributed by atoms with Gasteiger partial charge in [-0.25, -0.2) is 0 Å². The van der Waals surface area contributed by atoms with Gasteiger partial charge in [-0.15, -0.1) is 0 Å². The molecule has 0 radical (unpaired) electrons. The predicted octanol–water partition coefficient (Wildman–Crippen LogP) is -0.134. The number of likely N-dealkylation sites (tertiary alicyclic amines) is 1. The monoisotopic (exact) mass is 174 g/mol. The number of thiol groups is 1. The third-order valence-electron chi connectivity index (χ3n) is 2.08. The van der Waals surface area contributed by atoms with Crippen LogP contribution in [0.25, 0.3) is 0 Å². The number of rotatable bonds is 3. The van der Waals surface area contributed by atoms with Crippen LogP contribution in [0.5, 0.6) is 0 Å². The molecule has 0 saturated carbocycles. The van der Waals surface area contributed by atoms with Crippen molar-refractivity contribution >= 4 is 18.5 Å². The van der Waals surface area contributed by atoms with Crippen LogP contribution in [-0.4, -0.2) is 35.7 Å². The van der Waals surface area contributed by atoms with Crippen molar-refractivity contribution < 1.29 is 4.79 Å². The molecule has 0 bridgehead atoms. The Morgan fingerprint density at radius 2 is 2.45 bits per heavy atom. The zero-order chi connectivity index (χ0) is 8.27. The highest BCUT2D eigenvalue weighted by atomic mass is 32.1. The maximum absolute atomic E-state index is 10.8. The average Bonchev–Trinajstić information content (AvgIpc) is 2.36. The maximum Gasteiger partial charge on any atom is 0.234 e. The van der Waals surface area contributed by atoms with Crippen molar-refractivity contribution in [2.45, 2.75) is 18.9 Å². The number of carbonyl (C=O) groups is 1. The normalized spacial score (nSPS) is 25.7. The topological polar surface area (TPSA) is 46.3 Å². The summed E-state index contributed by atoms with van der Waals surface area (Å²) >= 11 is 4.11. The summed E-state index contributed by atoms with van der Waals surface area (Å²) in [5.41, 5.74) is 5.21. The van der Waals surface area contributed by atoms with E-state index in [2.05, 4.69) is 17.5 Å². The van der Waals surface area contributed by atoms with Gasteiger partial charge in [0.1, 0.15) is 0 Å². The second-order valence-corrected chi connectivity index (χ2v) is 3.27. The Morgan fingerprint density at radius 1 is 1.73 bits per heavy atom. The Hall–Kier alpha value is -0.220. The van der Waals surface area contributed by atoms with Crippen LogP contribution < -0.4 is 5.73 Å². The van der Waals surface area contributed by atoms with Gasteiger partial charge in [0.05, 0.1) is 6.04 Å². The molecule has 0 unspecified atom stereocenters. The minimum Gasteiger partial charge on any atom is -0.368 e. The second kappa shape index (κ2) is 3.97. The molecule has 0 aromatic heterocycles. The molecule has 1 rings (SSSR count). The summed E-state index contributed by atoms with van der Waals surface area (Å²) in [6.45, 7) is 1.87. The summed E-state index contributed by atoms with van der Waals surface area (Å²) in [5.74, 6) is 0.605. The van der Waals surface area contributed by atoms with Crippen molar-refractivity contribution in [1.29, 1.82) is 0 Å². The maximum atomic E-state index is 10.8. The van der Waals surface area contributed by atoms with E-state index in [0.29, 0.717) is 0 Å². The van der Waals surface area contributed by atoms with Crippen LogP contribution in [0.1, 0.15) is 12.8 Å². The van der Waals surface area contributed by atoms with E-state index in [9.17, 15) is 4.79 Å². The quantitative estimate of drug-likeness (QED) is 0.585. The zero-order valence-corrected chi connectivity index (χ0v) is 7.39. The SMILES string of the molecule is NC(=O)[C@@H]1CCCN1CCS. The van der Waals surface area contributed by atoms with Gasteiger partial charge in [0.2, 0.25) is 5.91 Å². The van der Waals surface area contributed by atoms with Crippen LogP contribution in [-0.2, 0) is 4.79 Å².